The van der Waals surface area contributed by atoms with Crippen LogP contribution in [0.1, 0.15) is 6.42 Å². The van der Waals surface area contributed by atoms with E-state index in [9.17, 15) is 17.6 Å². The van der Waals surface area contributed by atoms with Gasteiger partial charge in [-0.25, -0.2) is 8.78 Å². The van der Waals surface area contributed by atoms with Crippen LogP contribution in [0, 0.1) is 23.3 Å². The second-order valence-electron chi connectivity index (χ2n) is 3.74. The number of hydrogen-bond acceptors (Lipinski definition) is 3. The molecule has 0 spiro atoms. The molecule has 0 saturated heterocycles. The second kappa shape index (κ2) is 7.96. The van der Waals surface area contributed by atoms with E-state index in [2.05, 4.69) is 5.32 Å². The van der Waals surface area contributed by atoms with E-state index in [0.717, 1.165) is 6.42 Å². The van der Waals surface area contributed by atoms with Crippen LogP contribution in [0.4, 0.5) is 17.6 Å². The zero-order valence-corrected chi connectivity index (χ0v) is 10.4. The van der Waals surface area contributed by atoms with Gasteiger partial charge in [-0.15, -0.1) is 0 Å². The summed E-state index contributed by atoms with van der Waals surface area (Å²) in [7, 11) is 1.58. The minimum atomic E-state index is -1.53. The summed E-state index contributed by atoms with van der Waals surface area (Å²) in [6.07, 6.45) is 0.772. The molecule has 0 aliphatic rings. The summed E-state index contributed by atoms with van der Waals surface area (Å²) in [4.78, 5) is 0. The number of hydrogen-bond donors (Lipinski definition) is 1. The highest BCUT2D eigenvalue weighted by Gasteiger charge is 2.20. The Hall–Kier alpha value is -1.34. The number of rotatable bonds is 8. The van der Waals surface area contributed by atoms with Crippen LogP contribution >= 0.6 is 0 Å². The van der Waals surface area contributed by atoms with Gasteiger partial charge in [0.25, 0.3) is 0 Å². The Morgan fingerprint density at radius 2 is 1.63 bits per heavy atom. The van der Waals surface area contributed by atoms with E-state index >= 15 is 0 Å². The Kier molecular flexibility index (Phi) is 6.58. The van der Waals surface area contributed by atoms with E-state index in [1.165, 1.54) is 0 Å². The predicted molar refractivity (Wildman–Crippen MR) is 61.1 cm³/mol. The van der Waals surface area contributed by atoms with Crippen LogP contribution in [-0.4, -0.2) is 33.4 Å². The molecular formula is C12H15F4NO2. The second-order valence-corrected chi connectivity index (χ2v) is 3.74. The Balaban J connectivity index is 2.41. The molecule has 1 aromatic carbocycles. The fourth-order valence-corrected chi connectivity index (χ4v) is 1.37. The average molecular weight is 281 g/mol. The van der Waals surface area contributed by atoms with Crippen LogP contribution in [0.15, 0.2) is 6.07 Å². The minimum Gasteiger partial charge on any atom is -0.486 e. The van der Waals surface area contributed by atoms with Gasteiger partial charge >= 0.3 is 0 Å². The first-order chi connectivity index (χ1) is 9.07. The number of ether oxygens (including phenoxy) is 2. The first kappa shape index (κ1) is 15.7. The van der Waals surface area contributed by atoms with Crippen molar-refractivity contribution in [2.24, 2.45) is 0 Å². The van der Waals surface area contributed by atoms with Crippen molar-refractivity contribution >= 4 is 0 Å². The van der Waals surface area contributed by atoms with Crippen molar-refractivity contribution in [3.05, 3.63) is 29.3 Å². The van der Waals surface area contributed by atoms with Crippen LogP contribution in [0.3, 0.4) is 0 Å². The van der Waals surface area contributed by atoms with E-state index in [1.807, 2.05) is 0 Å². The highest BCUT2D eigenvalue weighted by molar-refractivity contribution is 5.28. The van der Waals surface area contributed by atoms with Crippen LogP contribution in [0.5, 0.6) is 5.75 Å². The third-order valence-corrected chi connectivity index (χ3v) is 2.30. The topological polar surface area (TPSA) is 30.5 Å². The van der Waals surface area contributed by atoms with Crippen molar-refractivity contribution in [1.29, 1.82) is 0 Å². The van der Waals surface area contributed by atoms with Crippen LogP contribution < -0.4 is 10.1 Å². The van der Waals surface area contributed by atoms with Crippen LogP contribution in [-0.2, 0) is 4.74 Å². The normalized spacial score (nSPS) is 10.8. The third kappa shape index (κ3) is 4.68. The lowest BCUT2D eigenvalue weighted by Crippen LogP contribution is -2.23. The quantitative estimate of drug-likeness (QED) is 0.450. The molecule has 1 N–H and O–H groups in total. The molecule has 19 heavy (non-hydrogen) atoms. The van der Waals surface area contributed by atoms with Gasteiger partial charge in [-0.1, -0.05) is 0 Å². The fourth-order valence-electron chi connectivity index (χ4n) is 1.37. The predicted octanol–water partition coefficient (Wildman–Crippen LogP) is 2.25. The largest absolute Gasteiger partial charge is 0.486 e. The molecule has 0 aliphatic carbocycles. The van der Waals surface area contributed by atoms with Crippen molar-refractivity contribution in [1.82, 2.24) is 5.32 Å². The summed E-state index contributed by atoms with van der Waals surface area (Å²) < 4.78 is 61.6. The SMILES string of the molecule is COCCCNCCOc1c(F)c(F)cc(F)c1F. The first-order valence-electron chi connectivity index (χ1n) is 5.73. The van der Waals surface area contributed by atoms with Gasteiger partial charge in [0, 0.05) is 26.3 Å². The monoisotopic (exact) mass is 281 g/mol. The summed E-state index contributed by atoms with van der Waals surface area (Å²) in [5, 5.41) is 2.92. The molecule has 3 nitrogen and oxygen atoms in total. The average Bonchev–Trinajstić information content (AvgIpc) is 2.39. The van der Waals surface area contributed by atoms with Crippen molar-refractivity contribution in [2.45, 2.75) is 6.42 Å². The summed E-state index contributed by atoms with van der Waals surface area (Å²) >= 11 is 0. The van der Waals surface area contributed by atoms with Gasteiger partial charge in [0.1, 0.15) is 6.61 Å². The maximum atomic E-state index is 13.2. The lowest BCUT2D eigenvalue weighted by Gasteiger charge is -2.10. The van der Waals surface area contributed by atoms with Gasteiger partial charge in [0.2, 0.25) is 11.6 Å². The Morgan fingerprint density at radius 1 is 1.00 bits per heavy atom. The molecule has 0 bridgehead atoms. The highest BCUT2D eigenvalue weighted by Crippen LogP contribution is 2.26. The van der Waals surface area contributed by atoms with Crippen molar-refractivity contribution in [2.75, 3.05) is 33.4 Å². The van der Waals surface area contributed by atoms with Gasteiger partial charge in [0.15, 0.2) is 17.4 Å². The molecule has 0 heterocycles. The van der Waals surface area contributed by atoms with Gasteiger partial charge in [-0.05, 0) is 13.0 Å². The van der Waals surface area contributed by atoms with E-state index in [1.54, 1.807) is 7.11 Å². The Labute approximate surface area is 108 Å². The molecule has 0 aromatic heterocycles. The van der Waals surface area contributed by atoms with Crippen molar-refractivity contribution in [3.8, 4) is 5.75 Å². The third-order valence-electron chi connectivity index (χ3n) is 2.30. The lowest BCUT2D eigenvalue weighted by atomic mass is 10.3. The molecule has 0 aliphatic heterocycles. The molecule has 108 valence electrons. The van der Waals surface area contributed by atoms with Gasteiger partial charge in [-0.3, -0.25) is 0 Å². The number of benzene rings is 1. The maximum Gasteiger partial charge on any atom is 0.203 e. The molecule has 0 unspecified atom stereocenters. The molecule has 0 fully saturated rings. The molecule has 0 radical (unpaired) electrons. The molecule has 1 rings (SSSR count). The fraction of sp³-hybridized carbons (Fsp3) is 0.500. The molecular weight excluding hydrogens is 266 g/mol. The van der Waals surface area contributed by atoms with E-state index in [-0.39, 0.29) is 12.7 Å². The van der Waals surface area contributed by atoms with Crippen LogP contribution in [0.2, 0.25) is 0 Å². The standard InChI is InChI=1S/C12H15F4NO2/c1-18-5-2-3-17-4-6-19-12-10(15)8(13)7-9(14)11(12)16/h7,17H,2-6H2,1H3. The smallest absolute Gasteiger partial charge is 0.203 e. The lowest BCUT2D eigenvalue weighted by molar-refractivity contribution is 0.193. The van der Waals surface area contributed by atoms with Crippen molar-refractivity contribution < 1.29 is 27.0 Å². The van der Waals surface area contributed by atoms with E-state index in [0.29, 0.717) is 19.7 Å². The zero-order valence-electron chi connectivity index (χ0n) is 10.4. The van der Waals surface area contributed by atoms with Gasteiger partial charge in [0.05, 0.1) is 0 Å². The number of halogens is 4. The summed E-state index contributed by atoms with van der Waals surface area (Å²) in [6, 6.07) is 0.139. The molecule has 0 saturated carbocycles. The molecule has 7 heteroatoms. The minimum absolute atomic E-state index is 0.107. The van der Waals surface area contributed by atoms with Gasteiger partial charge in [-0.2, -0.15) is 8.78 Å². The van der Waals surface area contributed by atoms with Crippen LogP contribution in [0.25, 0.3) is 0 Å². The first-order valence-corrected chi connectivity index (χ1v) is 5.73. The maximum absolute atomic E-state index is 13.2. The Morgan fingerprint density at radius 3 is 2.21 bits per heavy atom. The highest BCUT2D eigenvalue weighted by atomic mass is 19.2. The van der Waals surface area contributed by atoms with E-state index < -0.39 is 29.0 Å². The summed E-state index contributed by atoms with van der Waals surface area (Å²) in [5.74, 6) is -7.06. The summed E-state index contributed by atoms with van der Waals surface area (Å²) in [6.45, 7) is 1.41. The van der Waals surface area contributed by atoms with Crippen molar-refractivity contribution in [3.63, 3.8) is 0 Å². The zero-order chi connectivity index (χ0) is 14.3. The van der Waals surface area contributed by atoms with E-state index in [4.69, 9.17) is 9.47 Å². The number of nitrogens with one attached hydrogen (secondary N) is 1. The Bertz CT molecular complexity index is 389. The molecule has 0 atom stereocenters. The number of methoxy groups -OCH3 is 1. The molecule has 1 aromatic rings. The van der Waals surface area contributed by atoms with Gasteiger partial charge < -0.3 is 14.8 Å². The molecule has 0 amide bonds. The summed E-state index contributed by atoms with van der Waals surface area (Å²) in [5.41, 5.74) is 0.